The molecule has 2 rings (SSSR count). The Kier molecular flexibility index (Phi) is 7.24. The molecule has 1 saturated heterocycles. The molecule has 0 radical (unpaired) electrons. The lowest BCUT2D eigenvalue weighted by molar-refractivity contribution is 0.0314. The Balaban J connectivity index is 1.80. The zero-order valence-corrected chi connectivity index (χ0v) is 13.7. The van der Waals surface area contributed by atoms with Crippen molar-refractivity contribution in [3.05, 3.63) is 11.7 Å². The van der Waals surface area contributed by atoms with Gasteiger partial charge in [0.1, 0.15) is 0 Å². The average molecular weight is 312 g/mol. The van der Waals surface area contributed by atoms with Gasteiger partial charge >= 0.3 is 0 Å². The monoisotopic (exact) mass is 312 g/mol. The van der Waals surface area contributed by atoms with E-state index in [2.05, 4.69) is 33.8 Å². The van der Waals surface area contributed by atoms with Crippen molar-refractivity contribution in [1.82, 2.24) is 19.9 Å². The summed E-state index contributed by atoms with van der Waals surface area (Å²) in [5.74, 6) is 1.91. The molecule has 0 aromatic carbocycles. The summed E-state index contributed by atoms with van der Waals surface area (Å²) < 4.78 is 10.7. The lowest BCUT2D eigenvalue weighted by Crippen LogP contribution is -2.41. The van der Waals surface area contributed by atoms with Gasteiger partial charge in [0, 0.05) is 39.1 Å². The summed E-state index contributed by atoms with van der Waals surface area (Å²) in [7, 11) is 0. The summed E-state index contributed by atoms with van der Waals surface area (Å²) in [6.07, 6.45) is 0.831. The number of morpholine rings is 1. The zero-order valence-electron chi connectivity index (χ0n) is 13.7. The molecular formula is C15H28N4O3. The van der Waals surface area contributed by atoms with Gasteiger partial charge < -0.3 is 14.4 Å². The van der Waals surface area contributed by atoms with Crippen LogP contribution in [-0.4, -0.2) is 77.6 Å². The summed E-state index contributed by atoms with van der Waals surface area (Å²) in [5, 5.41) is 13.3. The average Bonchev–Trinajstić information content (AvgIpc) is 2.92. The van der Waals surface area contributed by atoms with Gasteiger partial charge in [0.25, 0.3) is 0 Å². The van der Waals surface area contributed by atoms with Crippen molar-refractivity contribution in [2.45, 2.75) is 26.8 Å². The molecule has 1 N–H and O–H groups in total. The Morgan fingerprint density at radius 2 is 2.05 bits per heavy atom. The highest BCUT2D eigenvalue weighted by molar-refractivity contribution is 4.87. The first-order valence-electron chi connectivity index (χ1n) is 8.12. The van der Waals surface area contributed by atoms with Gasteiger partial charge in [-0.25, -0.2) is 0 Å². The van der Waals surface area contributed by atoms with Crippen LogP contribution in [0.25, 0.3) is 0 Å². The first-order valence-corrected chi connectivity index (χ1v) is 8.12. The predicted octanol–water partition coefficient (Wildman–Crippen LogP) is 0.395. The molecule has 7 nitrogen and oxygen atoms in total. The highest BCUT2D eigenvalue weighted by atomic mass is 16.5. The topological polar surface area (TPSA) is 74.9 Å². The molecule has 7 heteroatoms. The summed E-state index contributed by atoms with van der Waals surface area (Å²) in [6.45, 7) is 11.0. The van der Waals surface area contributed by atoms with Crippen molar-refractivity contribution in [3.63, 3.8) is 0 Å². The van der Waals surface area contributed by atoms with Gasteiger partial charge in [0.15, 0.2) is 5.82 Å². The molecule has 1 aromatic heterocycles. The highest BCUT2D eigenvalue weighted by Crippen LogP contribution is 2.07. The molecule has 0 atom stereocenters. The molecule has 0 amide bonds. The van der Waals surface area contributed by atoms with Crippen molar-refractivity contribution in [1.29, 1.82) is 0 Å². The van der Waals surface area contributed by atoms with Crippen LogP contribution in [0.2, 0.25) is 0 Å². The molecule has 0 bridgehead atoms. The van der Waals surface area contributed by atoms with Crippen LogP contribution in [0.3, 0.4) is 0 Å². The van der Waals surface area contributed by atoms with Crippen LogP contribution in [-0.2, 0) is 17.7 Å². The minimum Gasteiger partial charge on any atom is -0.395 e. The van der Waals surface area contributed by atoms with E-state index in [0.717, 1.165) is 51.6 Å². The fourth-order valence-electron chi connectivity index (χ4n) is 2.51. The minimum absolute atomic E-state index is 0.135. The van der Waals surface area contributed by atoms with Crippen molar-refractivity contribution < 1.29 is 14.4 Å². The highest BCUT2D eigenvalue weighted by Gasteiger charge is 2.15. The van der Waals surface area contributed by atoms with E-state index in [1.54, 1.807) is 0 Å². The number of hydrogen-bond donors (Lipinski definition) is 1. The smallest absolute Gasteiger partial charge is 0.240 e. The Morgan fingerprint density at radius 3 is 2.73 bits per heavy atom. The standard InChI is InChI=1S/C15H28N4O3/c1-13(2)11-14-16-15(22-17-14)12-19(5-8-20)4-3-18-6-9-21-10-7-18/h13,20H,3-12H2,1-2H3. The van der Waals surface area contributed by atoms with E-state index in [9.17, 15) is 5.11 Å². The van der Waals surface area contributed by atoms with Crippen LogP contribution in [0.4, 0.5) is 0 Å². The van der Waals surface area contributed by atoms with Crippen LogP contribution < -0.4 is 0 Å². The third-order valence-corrected chi connectivity index (χ3v) is 3.71. The number of aliphatic hydroxyl groups excluding tert-OH is 1. The normalized spacial score (nSPS) is 16.8. The van der Waals surface area contributed by atoms with E-state index in [-0.39, 0.29) is 6.61 Å². The van der Waals surface area contributed by atoms with Crippen LogP contribution in [0.1, 0.15) is 25.6 Å². The molecule has 1 fully saturated rings. The molecule has 126 valence electrons. The van der Waals surface area contributed by atoms with Crippen molar-refractivity contribution >= 4 is 0 Å². The van der Waals surface area contributed by atoms with E-state index in [0.29, 0.717) is 24.9 Å². The maximum Gasteiger partial charge on any atom is 0.240 e. The fraction of sp³-hybridized carbons (Fsp3) is 0.867. The van der Waals surface area contributed by atoms with Crippen molar-refractivity contribution in [2.24, 2.45) is 5.92 Å². The molecule has 2 heterocycles. The molecule has 0 spiro atoms. The Bertz CT molecular complexity index is 419. The molecule has 0 aliphatic carbocycles. The minimum atomic E-state index is 0.135. The Hall–Kier alpha value is -1.02. The second-order valence-electron chi connectivity index (χ2n) is 6.16. The molecule has 0 unspecified atom stereocenters. The van der Waals surface area contributed by atoms with Gasteiger partial charge in [0.2, 0.25) is 5.89 Å². The third kappa shape index (κ3) is 6.00. The molecular weight excluding hydrogens is 284 g/mol. The summed E-state index contributed by atoms with van der Waals surface area (Å²) in [5.41, 5.74) is 0. The first kappa shape index (κ1) is 17.3. The molecule has 1 aliphatic rings. The van der Waals surface area contributed by atoms with E-state index in [1.807, 2.05) is 0 Å². The number of ether oxygens (including phenoxy) is 1. The van der Waals surface area contributed by atoms with E-state index < -0.39 is 0 Å². The second kappa shape index (κ2) is 9.19. The van der Waals surface area contributed by atoms with Crippen LogP contribution in [0.15, 0.2) is 4.52 Å². The van der Waals surface area contributed by atoms with E-state index >= 15 is 0 Å². The van der Waals surface area contributed by atoms with E-state index in [1.165, 1.54) is 0 Å². The fourth-order valence-corrected chi connectivity index (χ4v) is 2.51. The van der Waals surface area contributed by atoms with Gasteiger partial charge in [0.05, 0.1) is 26.4 Å². The lowest BCUT2D eigenvalue weighted by atomic mass is 10.1. The van der Waals surface area contributed by atoms with Gasteiger partial charge in [-0.2, -0.15) is 4.98 Å². The zero-order chi connectivity index (χ0) is 15.8. The van der Waals surface area contributed by atoms with Gasteiger partial charge in [-0.3, -0.25) is 9.80 Å². The second-order valence-corrected chi connectivity index (χ2v) is 6.16. The molecule has 1 aliphatic heterocycles. The summed E-state index contributed by atoms with van der Waals surface area (Å²) >= 11 is 0. The first-order chi connectivity index (χ1) is 10.7. The SMILES string of the molecule is CC(C)Cc1noc(CN(CCO)CCN2CCOCC2)n1. The number of aromatic nitrogens is 2. The quantitative estimate of drug-likeness (QED) is 0.707. The lowest BCUT2D eigenvalue weighted by Gasteiger charge is -2.29. The van der Waals surface area contributed by atoms with Crippen LogP contribution in [0, 0.1) is 5.92 Å². The van der Waals surface area contributed by atoms with Crippen LogP contribution >= 0.6 is 0 Å². The predicted molar refractivity (Wildman–Crippen MR) is 82.5 cm³/mol. The molecule has 0 saturated carbocycles. The number of hydrogen-bond acceptors (Lipinski definition) is 7. The number of nitrogens with zero attached hydrogens (tertiary/aromatic N) is 4. The van der Waals surface area contributed by atoms with Gasteiger partial charge in [-0.05, 0) is 5.92 Å². The number of aliphatic hydroxyl groups is 1. The maximum atomic E-state index is 9.23. The van der Waals surface area contributed by atoms with Crippen molar-refractivity contribution in [2.75, 3.05) is 52.5 Å². The third-order valence-electron chi connectivity index (χ3n) is 3.71. The molecule has 1 aromatic rings. The van der Waals surface area contributed by atoms with Crippen molar-refractivity contribution in [3.8, 4) is 0 Å². The largest absolute Gasteiger partial charge is 0.395 e. The van der Waals surface area contributed by atoms with Gasteiger partial charge in [-0.1, -0.05) is 19.0 Å². The van der Waals surface area contributed by atoms with E-state index in [4.69, 9.17) is 9.26 Å². The Morgan fingerprint density at radius 1 is 1.27 bits per heavy atom. The van der Waals surface area contributed by atoms with Gasteiger partial charge in [-0.15, -0.1) is 0 Å². The van der Waals surface area contributed by atoms with Crippen LogP contribution in [0.5, 0.6) is 0 Å². The summed E-state index contributed by atoms with van der Waals surface area (Å²) in [4.78, 5) is 8.97. The Labute approximate surface area is 132 Å². The maximum absolute atomic E-state index is 9.23. The molecule has 22 heavy (non-hydrogen) atoms. The summed E-state index contributed by atoms with van der Waals surface area (Å²) in [6, 6.07) is 0. The number of rotatable bonds is 9.